The molecule has 2 aromatic rings. The first-order chi connectivity index (χ1) is 12.7. The zero-order valence-corrected chi connectivity index (χ0v) is 14.8. The summed E-state index contributed by atoms with van der Waals surface area (Å²) in [6.07, 6.45) is 0.828. The molecule has 2 amide bonds. The fourth-order valence-corrected chi connectivity index (χ4v) is 2.90. The highest BCUT2D eigenvalue weighted by atomic mass is 32.1. The molecule has 11 nitrogen and oxygen atoms in total. The van der Waals surface area contributed by atoms with Gasteiger partial charge >= 0.3 is 5.97 Å². The van der Waals surface area contributed by atoms with Crippen LogP contribution in [0.5, 0.6) is 0 Å². The Bertz CT molecular complexity index is 979. The number of nitrogens with two attached hydrogens (primary N) is 1. The van der Waals surface area contributed by atoms with Crippen molar-refractivity contribution in [3.63, 3.8) is 0 Å². The Morgan fingerprint density at radius 1 is 1.37 bits per heavy atom. The topological polar surface area (TPSA) is 164 Å². The van der Waals surface area contributed by atoms with E-state index in [1.54, 1.807) is 12.3 Å². The largest absolute Gasteiger partial charge is 0.462 e. The number of hydrogen-bond donors (Lipinski definition) is 2. The van der Waals surface area contributed by atoms with Crippen LogP contribution in [0.15, 0.2) is 28.5 Å². The third kappa shape index (κ3) is 4.55. The van der Waals surface area contributed by atoms with Gasteiger partial charge in [0, 0.05) is 6.07 Å². The number of aromatic nitrogens is 1. The van der Waals surface area contributed by atoms with Crippen molar-refractivity contribution in [3.8, 4) is 0 Å². The number of carbonyl (C=O) groups excluding carboxylic acids is 3. The van der Waals surface area contributed by atoms with Crippen molar-refractivity contribution in [1.82, 2.24) is 4.57 Å². The molecular formula is C15H14N4O7S. The first-order valence-corrected chi connectivity index (χ1v) is 8.35. The molecule has 12 heteroatoms. The third-order valence-electron chi connectivity index (χ3n) is 3.28. The van der Waals surface area contributed by atoms with Gasteiger partial charge < -0.3 is 15.8 Å². The van der Waals surface area contributed by atoms with Gasteiger partial charge in [0.25, 0.3) is 17.2 Å². The van der Waals surface area contributed by atoms with Crippen LogP contribution in [0, 0.1) is 10.1 Å². The molecular weight excluding hydrogens is 380 g/mol. The second-order valence-corrected chi connectivity index (χ2v) is 6.01. The maximum Gasteiger partial charge on any atom is 0.341 e. The van der Waals surface area contributed by atoms with E-state index in [0.717, 1.165) is 23.6 Å². The molecule has 0 aliphatic heterocycles. The molecule has 0 aromatic carbocycles. The van der Waals surface area contributed by atoms with Crippen LogP contribution in [0.1, 0.15) is 27.6 Å². The average molecular weight is 394 g/mol. The molecule has 0 spiro atoms. The Morgan fingerprint density at radius 2 is 2.07 bits per heavy atom. The Balaban J connectivity index is 2.28. The van der Waals surface area contributed by atoms with Gasteiger partial charge in [-0.1, -0.05) is 0 Å². The number of thiophene rings is 1. The molecule has 142 valence electrons. The Kier molecular flexibility index (Phi) is 6.03. The Labute approximate surface area is 155 Å². The summed E-state index contributed by atoms with van der Waals surface area (Å²) < 4.78 is 5.56. The number of ether oxygens (including phenoxy) is 1. The van der Waals surface area contributed by atoms with E-state index < -0.39 is 46.1 Å². The maximum absolute atomic E-state index is 12.2. The third-order valence-corrected chi connectivity index (χ3v) is 4.11. The number of primary amides is 1. The SMILES string of the molecule is CCOC(=O)c1ccsc1NC(=O)Cn1cc([N+](=O)[O-])cc(C(N)=O)c1=O. The van der Waals surface area contributed by atoms with Crippen LogP contribution in [0.25, 0.3) is 0 Å². The minimum absolute atomic E-state index is 0.138. The predicted octanol–water partition coefficient (Wildman–Crippen LogP) is 0.732. The minimum Gasteiger partial charge on any atom is -0.462 e. The summed E-state index contributed by atoms with van der Waals surface area (Å²) in [6, 6.07) is 2.21. The molecule has 0 fully saturated rings. The van der Waals surface area contributed by atoms with Gasteiger partial charge in [0.15, 0.2) is 0 Å². The fraction of sp³-hybridized carbons (Fsp3) is 0.200. The highest BCUT2D eigenvalue weighted by Crippen LogP contribution is 2.24. The molecule has 0 atom stereocenters. The van der Waals surface area contributed by atoms with Crippen molar-refractivity contribution in [2.75, 3.05) is 11.9 Å². The average Bonchev–Trinajstić information content (AvgIpc) is 3.04. The molecule has 0 aliphatic carbocycles. The maximum atomic E-state index is 12.2. The van der Waals surface area contributed by atoms with Gasteiger partial charge in [-0.2, -0.15) is 0 Å². The summed E-state index contributed by atoms with van der Waals surface area (Å²) in [7, 11) is 0. The van der Waals surface area contributed by atoms with Gasteiger partial charge in [-0.15, -0.1) is 11.3 Å². The number of pyridine rings is 1. The number of rotatable bonds is 7. The first-order valence-electron chi connectivity index (χ1n) is 7.47. The lowest BCUT2D eigenvalue weighted by Gasteiger charge is -2.09. The molecule has 0 saturated heterocycles. The fourth-order valence-electron chi connectivity index (χ4n) is 2.11. The number of anilines is 1. The number of nitro groups is 1. The van der Waals surface area contributed by atoms with Crippen molar-refractivity contribution in [2.45, 2.75) is 13.5 Å². The van der Waals surface area contributed by atoms with Crippen molar-refractivity contribution >= 4 is 39.8 Å². The number of nitrogens with one attached hydrogen (secondary N) is 1. The smallest absolute Gasteiger partial charge is 0.341 e. The van der Waals surface area contributed by atoms with Crippen molar-refractivity contribution in [2.24, 2.45) is 5.73 Å². The van der Waals surface area contributed by atoms with Crippen molar-refractivity contribution in [1.29, 1.82) is 0 Å². The predicted molar refractivity (Wildman–Crippen MR) is 94.8 cm³/mol. The number of carbonyl (C=O) groups is 3. The van der Waals surface area contributed by atoms with Crippen LogP contribution in [0.3, 0.4) is 0 Å². The van der Waals surface area contributed by atoms with E-state index >= 15 is 0 Å². The Morgan fingerprint density at radius 3 is 2.67 bits per heavy atom. The molecule has 0 saturated carbocycles. The second-order valence-electron chi connectivity index (χ2n) is 5.10. The zero-order valence-electron chi connectivity index (χ0n) is 14.0. The normalized spacial score (nSPS) is 10.3. The van der Waals surface area contributed by atoms with E-state index in [-0.39, 0.29) is 17.2 Å². The zero-order chi connectivity index (χ0) is 20.1. The lowest BCUT2D eigenvalue weighted by atomic mass is 10.2. The van der Waals surface area contributed by atoms with Crippen LogP contribution >= 0.6 is 11.3 Å². The van der Waals surface area contributed by atoms with E-state index in [1.807, 2.05) is 0 Å². The summed E-state index contributed by atoms with van der Waals surface area (Å²) in [5.41, 5.74) is 3.06. The first kappa shape index (κ1) is 19.8. The van der Waals surface area contributed by atoms with E-state index in [0.29, 0.717) is 4.57 Å². The number of amides is 2. The molecule has 2 heterocycles. The standard InChI is InChI=1S/C15H14N4O7S/c1-2-26-15(23)9-3-4-27-13(9)17-11(20)7-18-6-8(19(24)25)5-10(12(16)21)14(18)22/h3-6H,2,7H2,1H3,(H2,16,21)(H,17,20). The summed E-state index contributed by atoms with van der Waals surface area (Å²) in [5.74, 6) is -2.51. The minimum atomic E-state index is -1.15. The number of esters is 1. The highest BCUT2D eigenvalue weighted by molar-refractivity contribution is 7.14. The molecule has 27 heavy (non-hydrogen) atoms. The summed E-state index contributed by atoms with van der Waals surface area (Å²) >= 11 is 1.06. The summed E-state index contributed by atoms with van der Waals surface area (Å²) in [4.78, 5) is 57.6. The summed E-state index contributed by atoms with van der Waals surface area (Å²) in [5, 5.41) is 15.1. The summed E-state index contributed by atoms with van der Waals surface area (Å²) in [6.45, 7) is 1.16. The highest BCUT2D eigenvalue weighted by Gasteiger charge is 2.20. The van der Waals surface area contributed by atoms with Gasteiger partial charge in [-0.05, 0) is 18.4 Å². The van der Waals surface area contributed by atoms with Crippen molar-refractivity contribution in [3.05, 3.63) is 55.3 Å². The van der Waals surface area contributed by atoms with E-state index in [9.17, 15) is 29.3 Å². The van der Waals surface area contributed by atoms with Crippen LogP contribution in [-0.4, -0.2) is 33.9 Å². The van der Waals surface area contributed by atoms with Gasteiger partial charge in [0.2, 0.25) is 5.91 Å². The monoisotopic (exact) mass is 394 g/mol. The second kappa shape index (κ2) is 8.23. The van der Waals surface area contributed by atoms with E-state index in [1.165, 1.54) is 6.07 Å². The number of hydrogen-bond acceptors (Lipinski definition) is 8. The van der Waals surface area contributed by atoms with E-state index in [4.69, 9.17) is 10.5 Å². The molecule has 3 N–H and O–H groups in total. The van der Waals surface area contributed by atoms with Gasteiger partial charge in [0.05, 0.1) is 23.3 Å². The molecule has 0 unspecified atom stereocenters. The van der Waals surface area contributed by atoms with Crippen LogP contribution in [0.4, 0.5) is 10.7 Å². The molecule has 0 bridgehead atoms. The van der Waals surface area contributed by atoms with Crippen LogP contribution in [0.2, 0.25) is 0 Å². The number of nitrogens with zero attached hydrogens (tertiary/aromatic N) is 2. The van der Waals surface area contributed by atoms with Crippen LogP contribution in [-0.2, 0) is 16.1 Å². The quantitative estimate of drug-likeness (QED) is 0.397. The molecule has 2 aromatic heterocycles. The lowest BCUT2D eigenvalue weighted by Crippen LogP contribution is -2.33. The van der Waals surface area contributed by atoms with Gasteiger partial charge in [-0.3, -0.25) is 29.1 Å². The van der Waals surface area contributed by atoms with E-state index in [2.05, 4.69) is 5.32 Å². The molecule has 2 rings (SSSR count). The van der Waals surface area contributed by atoms with Gasteiger partial charge in [0.1, 0.15) is 17.1 Å². The van der Waals surface area contributed by atoms with Crippen LogP contribution < -0.4 is 16.6 Å². The molecule has 0 radical (unpaired) electrons. The van der Waals surface area contributed by atoms with Gasteiger partial charge in [-0.25, -0.2) is 4.79 Å². The van der Waals surface area contributed by atoms with Crippen molar-refractivity contribution < 1.29 is 24.0 Å². The molecule has 0 aliphatic rings. The lowest BCUT2D eigenvalue weighted by molar-refractivity contribution is -0.385. The Hall–Kier alpha value is -3.54.